The standard InChI is InChI=1S/C4H9.ClH.Hg/c1-3-4-2;;/h3H,4H2,1-2H3;1H;/q;;+1/p-1. The zero-order valence-electron chi connectivity index (χ0n) is 4.37. The van der Waals surface area contributed by atoms with E-state index in [1.54, 1.807) is 0 Å². The van der Waals surface area contributed by atoms with Gasteiger partial charge in [-0.05, 0) is 0 Å². The molecule has 6 heavy (non-hydrogen) atoms. The molecule has 34 valence electrons. The molecular formula is C4H9ClHg. The first kappa shape index (κ1) is 7.23. The van der Waals surface area contributed by atoms with Crippen LogP contribution in [0, 0.1) is 0 Å². The molecule has 0 aliphatic carbocycles. The van der Waals surface area contributed by atoms with Gasteiger partial charge in [-0.3, -0.25) is 0 Å². The molecule has 0 fully saturated rings. The molecule has 0 nitrogen and oxygen atoms in total. The number of halogens is 1. The molecular weight excluding hydrogens is 284 g/mol. The van der Waals surface area contributed by atoms with Crippen molar-refractivity contribution >= 4 is 8.25 Å². The minimum absolute atomic E-state index is 0.784. The Morgan fingerprint density at radius 3 is 2.33 bits per heavy atom. The van der Waals surface area contributed by atoms with Crippen LogP contribution in [-0.2, 0) is 23.3 Å². The van der Waals surface area contributed by atoms with Crippen LogP contribution in [0.4, 0.5) is 0 Å². The second-order valence-corrected chi connectivity index (χ2v) is 11.0. The predicted octanol–water partition coefficient (Wildman–Crippen LogP) is 2.44. The van der Waals surface area contributed by atoms with Crippen molar-refractivity contribution in [3.63, 3.8) is 0 Å². The number of rotatable bonds is 2. The van der Waals surface area contributed by atoms with Gasteiger partial charge in [-0.15, -0.1) is 0 Å². The maximum absolute atomic E-state index is 5.67. The molecule has 0 rings (SSSR count). The Hall–Kier alpha value is 1.23. The topological polar surface area (TPSA) is 0 Å². The van der Waals surface area contributed by atoms with E-state index in [4.69, 9.17) is 8.25 Å². The van der Waals surface area contributed by atoms with Crippen LogP contribution in [0.15, 0.2) is 0 Å². The van der Waals surface area contributed by atoms with Crippen LogP contribution in [0.1, 0.15) is 20.3 Å². The first-order valence-electron chi connectivity index (χ1n) is 2.37. The molecule has 1 atom stereocenters. The summed E-state index contributed by atoms with van der Waals surface area (Å²) in [5, 5.41) is 0. The van der Waals surface area contributed by atoms with Crippen molar-refractivity contribution in [1.82, 2.24) is 0 Å². The van der Waals surface area contributed by atoms with Crippen molar-refractivity contribution in [3.05, 3.63) is 0 Å². The van der Waals surface area contributed by atoms with Gasteiger partial charge in [0.2, 0.25) is 0 Å². The fourth-order valence-electron chi connectivity index (χ4n) is 0.109. The Morgan fingerprint density at radius 1 is 1.83 bits per heavy atom. The van der Waals surface area contributed by atoms with Crippen molar-refractivity contribution in [2.45, 2.75) is 23.7 Å². The SMILES string of the molecule is CC[CH](C)[Hg][Cl]. The summed E-state index contributed by atoms with van der Waals surface area (Å²) in [6.45, 7) is 4.45. The van der Waals surface area contributed by atoms with E-state index >= 15 is 0 Å². The summed E-state index contributed by atoms with van der Waals surface area (Å²) in [4.78, 5) is 0. The molecule has 2 heteroatoms. The van der Waals surface area contributed by atoms with Gasteiger partial charge in [0.15, 0.2) is 0 Å². The normalized spacial score (nSPS) is 13.2. The number of hydrogen-bond donors (Lipinski definition) is 0. The van der Waals surface area contributed by atoms with Gasteiger partial charge in [-0.1, -0.05) is 0 Å². The summed E-state index contributed by atoms with van der Waals surface area (Å²) in [5.41, 5.74) is 0. The van der Waals surface area contributed by atoms with Gasteiger partial charge in [0.05, 0.1) is 0 Å². The summed E-state index contributed by atoms with van der Waals surface area (Å²) in [5.74, 6) is 0. The van der Waals surface area contributed by atoms with Gasteiger partial charge in [-0.25, -0.2) is 0 Å². The molecule has 1 unspecified atom stereocenters. The van der Waals surface area contributed by atoms with Crippen LogP contribution >= 0.6 is 8.25 Å². The third-order valence-electron chi connectivity index (χ3n) is 0.960. The van der Waals surface area contributed by atoms with E-state index in [-0.39, 0.29) is 0 Å². The fourth-order valence-corrected chi connectivity index (χ4v) is 2.87. The minimum atomic E-state index is -0.784. The van der Waals surface area contributed by atoms with Gasteiger partial charge >= 0.3 is 55.3 Å². The van der Waals surface area contributed by atoms with Crippen LogP contribution in [0.2, 0.25) is 3.43 Å². The summed E-state index contributed by atoms with van der Waals surface area (Å²) in [6, 6.07) is 0. The molecule has 0 radical (unpaired) electrons. The zero-order valence-corrected chi connectivity index (χ0v) is 10.6. The molecule has 0 aromatic rings. The van der Waals surface area contributed by atoms with E-state index in [0.717, 1.165) is 3.43 Å². The van der Waals surface area contributed by atoms with Crippen LogP contribution in [0.5, 0.6) is 0 Å². The van der Waals surface area contributed by atoms with Gasteiger partial charge in [0, 0.05) is 0 Å². The van der Waals surface area contributed by atoms with Crippen LogP contribution in [0.25, 0.3) is 0 Å². The quantitative estimate of drug-likeness (QED) is 0.686. The number of hydrogen-bond acceptors (Lipinski definition) is 0. The molecule has 0 N–H and O–H groups in total. The molecule has 0 heterocycles. The molecule has 0 aliphatic rings. The van der Waals surface area contributed by atoms with Gasteiger partial charge in [-0.2, -0.15) is 0 Å². The van der Waals surface area contributed by atoms with E-state index in [0.29, 0.717) is 0 Å². The summed E-state index contributed by atoms with van der Waals surface area (Å²) in [7, 11) is 5.67. The molecule has 0 saturated carbocycles. The Balaban J connectivity index is 2.75. The van der Waals surface area contributed by atoms with E-state index < -0.39 is 23.3 Å². The molecule has 0 saturated heterocycles. The monoisotopic (exact) mass is 294 g/mol. The van der Waals surface area contributed by atoms with Crippen molar-refractivity contribution < 1.29 is 23.3 Å². The Kier molecular flexibility index (Phi) is 5.28. The average molecular weight is 293 g/mol. The summed E-state index contributed by atoms with van der Waals surface area (Å²) < 4.78 is 0.923. The Morgan fingerprint density at radius 2 is 2.33 bits per heavy atom. The van der Waals surface area contributed by atoms with Crippen LogP contribution in [0.3, 0.4) is 0 Å². The van der Waals surface area contributed by atoms with E-state index in [2.05, 4.69) is 13.8 Å². The molecule has 0 aromatic heterocycles. The molecule has 0 spiro atoms. The van der Waals surface area contributed by atoms with Crippen LogP contribution < -0.4 is 0 Å². The second kappa shape index (κ2) is 4.39. The second-order valence-electron chi connectivity index (χ2n) is 1.67. The average Bonchev–Trinajstić information content (AvgIpc) is 1.65. The zero-order chi connectivity index (χ0) is 4.99. The van der Waals surface area contributed by atoms with Gasteiger partial charge < -0.3 is 0 Å². The Bertz CT molecular complexity index is 26.7. The van der Waals surface area contributed by atoms with Gasteiger partial charge in [0.1, 0.15) is 0 Å². The van der Waals surface area contributed by atoms with E-state index in [1.807, 2.05) is 0 Å². The fraction of sp³-hybridized carbons (Fsp3) is 1.00. The van der Waals surface area contributed by atoms with Crippen LogP contribution in [-0.4, -0.2) is 0 Å². The first-order valence-corrected chi connectivity index (χ1v) is 12.3. The summed E-state index contributed by atoms with van der Waals surface area (Å²) >= 11 is -0.784. The van der Waals surface area contributed by atoms with Gasteiger partial charge in [0.25, 0.3) is 0 Å². The molecule has 0 bridgehead atoms. The third kappa shape index (κ3) is 3.42. The third-order valence-corrected chi connectivity index (χ3v) is 9.88. The molecule has 0 aliphatic heterocycles. The van der Waals surface area contributed by atoms with Crippen molar-refractivity contribution in [2.75, 3.05) is 0 Å². The van der Waals surface area contributed by atoms with Crippen molar-refractivity contribution in [2.24, 2.45) is 0 Å². The Labute approximate surface area is 55.1 Å². The first-order chi connectivity index (χ1) is 2.81. The van der Waals surface area contributed by atoms with Crippen molar-refractivity contribution in [3.8, 4) is 0 Å². The van der Waals surface area contributed by atoms with E-state index in [9.17, 15) is 0 Å². The summed E-state index contributed by atoms with van der Waals surface area (Å²) in [6.07, 6.45) is 1.30. The van der Waals surface area contributed by atoms with Crippen molar-refractivity contribution in [1.29, 1.82) is 0 Å². The maximum atomic E-state index is 5.67. The molecule has 0 amide bonds. The molecule has 0 aromatic carbocycles. The predicted molar refractivity (Wildman–Crippen MR) is 25.6 cm³/mol. The van der Waals surface area contributed by atoms with E-state index in [1.165, 1.54) is 6.42 Å².